The summed E-state index contributed by atoms with van der Waals surface area (Å²) < 4.78 is 5.01. The van der Waals surface area contributed by atoms with E-state index in [0.717, 1.165) is 5.56 Å². The molecule has 0 fully saturated rings. The molecule has 2 rings (SSSR count). The lowest BCUT2D eigenvalue weighted by atomic mass is 10.1. The molecule has 0 amide bonds. The highest BCUT2D eigenvalue weighted by Gasteiger charge is 2.14. The number of pyridine rings is 1. The van der Waals surface area contributed by atoms with Gasteiger partial charge in [-0.2, -0.15) is 0 Å². The van der Waals surface area contributed by atoms with Crippen molar-refractivity contribution in [2.45, 2.75) is 12.8 Å². The quantitative estimate of drug-likeness (QED) is 0.748. The van der Waals surface area contributed by atoms with Crippen LogP contribution in [0.5, 0.6) is 5.88 Å². The predicted molar refractivity (Wildman–Crippen MR) is 65.5 cm³/mol. The maximum Gasteiger partial charge on any atom is 0.243 e. The monoisotopic (exact) mass is 243 g/mol. The number of aromatic nitrogens is 3. The molecular formula is C13H13N3O2. The Morgan fingerprint density at radius 3 is 2.61 bits per heavy atom. The molecule has 0 radical (unpaired) electrons. The van der Waals surface area contributed by atoms with Crippen LogP contribution in [-0.2, 0) is 6.42 Å². The van der Waals surface area contributed by atoms with Crippen LogP contribution < -0.4 is 4.74 Å². The Morgan fingerprint density at radius 2 is 1.89 bits per heavy atom. The highest BCUT2D eigenvalue weighted by molar-refractivity contribution is 5.96. The molecule has 0 aromatic carbocycles. The van der Waals surface area contributed by atoms with E-state index in [0.29, 0.717) is 12.8 Å². The Labute approximate surface area is 105 Å². The summed E-state index contributed by atoms with van der Waals surface area (Å²) in [4.78, 5) is 23.9. The van der Waals surface area contributed by atoms with Crippen molar-refractivity contribution in [2.75, 3.05) is 7.11 Å². The number of methoxy groups -OCH3 is 1. The van der Waals surface area contributed by atoms with Crippen LogP contribution in [0.1, 0.15) is 22.5 Å². The van der Waals surface area contributed by atoms with Gasteiger partial charge in [0.25, 0.3) is 0 Å². The molecule has 0 aliphatic rings. The predicted octanol–water partition coefficient (Wildman–Crippen LogP) is 1.70. The van der Waals surface area contributed by atoms with Crippen molar-refractivity contribution in [2.24, 2.45) is 0 Å². The third-order valence-electron chi connectivity index (χ3n) is 2.51. The minimum Gasteiger partial charge on any atom is -0.479 e. The summed E-state index contributed by atoms with van der Waals surface area (Å²) >= 11 is 0. The first kappa shape index (κ1) is 12.2. The lowest BCUT2D eigenvalue weighted by Crippen LogP contribution is -2.07. The third kappa shape index (κ3) is 2.88. The van der Waals surface area contributed by atoms with Gasteiger partial charge in [-0.15, -0.1) is 0 Å². The fraction of sp³-hybridized carbons (Fsp3) is 0.231. The number of hydrogen-bond donors (Lipinski definition) is 0. The van der Waals surface area contributed by atoms with E-state index in [1.807, 2.05) is 12.1 Å². The molecule has 2 aromatic rings. The molecule has 0 atom stereocenters. The van der Waals surface area contributed by atoms with Crippen molar-refractivity contribution in [1.29, 1.82) is 0 Å². The van der Waals surface area contributed by atoms with Crippen LogP contribution in [0.2, 0.25) is 0 Å². The molecule has 92 valence electrons. The molecule has 5 nitrogen and oxygen atoms in total. The van der Waals surface area contributed by atoms with Gasteiger partial charge in [-0.1, -0.05) is 0 Å². The zero-order chi connectivity index (χ0) is 12.8. The van der Waals surface area contributed by atoms with Crippen LogP contribution >= 0.6 is 0 Å². The van der Waals surface area contributed by atoms with Gasteiger partial charge in [-0.3, -0.25) is 9.78 Å². The van der Waals surface area contributed by atoms with E-state index in [-0.39, 0.29) is 17.4 Å². The smallest absolute Gasteiger partial charge is 0.243 e. The Bertz CT molecular complexity index is 529. The number of nitrogens with zero attached hydrogens (tertiary/aromatic N) is 3. The summed E-state index contributed by atoms with van der Waals surface area (Å²) in [6.07, 6.45) is 7.44. The third-order valence-corrected chi connectivity index (χ3v) is 2.51. The minimum atomic E-state index is -0.0724. The number of carbonyl (C=O) groups is 1. The van der Waals surface area contributed by atoms with E-state index in [4.69, 9.17) is 4.74 Å². The zero-order valence-corrected chi connectivity index (χ0v) is 10.0. The lowest BCUT2D eigenvalue weighted by molar-refractivity contribution is 0.0974. The Kier molecular flexibility index (Phi) is 3.96. The number of aryl methyl sites for hydroxylation is 1. The molecule has 0 N–H and O–H groups in total. The number of Topliss-reactive ketones (excluding diaryl/α,β-unsaturated/α-hetero) is 1. The van der Waals surface area contributed by atoms with Crippen LogP contribution in [0, 0.1) is 0 Å². The fourth-order valence-electron chi connectivity index (χ4n) is 1.59. The Morgan fingerprint density at radius 1 is 1.17 bits per heavy atom. The van der Waals surface area contributed by atoms with E-state index in [1.165, 1.54) is 19.5 Å². The highest BCUT2D eigenvalue weighted by Crippen LogP contribution is 2.14. The zero-order valence-electron chi connectivity index (χ0n) is 10.0. The number of ketones is 1. The van der Waals surface area contributed by atoms with Crippen molar-refractivity contribution in [3.8, 4) is 5.88 Å². The Hall–Kier alpha value is -2.30. The van der Waals surface area contributed by atoms with E-state index in [1.54, 1.807) is 12.4 Å². The summed E-state index contributed by atoms with van der Waals surface area (Å²) in [5.41, 5.74) is 1.36. The number of ether oxygens (including phenoxy) is 1. The van der Waals surface area contributed by atoms with Gasteiger partial charge in [-0.05, 0) is 24.1 Å². The first-order chi connectivity index (χ1) is 8.81. The molecular weight excluding hydrogens is 230 g/mol. The standard InChI is InChI=1S/C13H13N3O2/c1-18-13-12(15-8-9-16-13)11(17)3-2-10-4-6-14-7-5-10/h4-9H,2-3H2,1H3. The maximum atomic E-state index is 12.0. The topological polar surface area (TPSA) is 65.0 Å². The van der Waals surface area contributed by atoms with Gasteiger partial charge in [0, 0.05) is 31.2 Å². The van der Waals surface area contributed by atoms with E-state index in [9.17, 15) is 4.79 Å². The van der Waals surface area contributed by atoms with Gasteiger partial charge < -0.3 is 4.74 Å². The van der Waals surface area contributed by atoms with Crippen molar-refractivity contribution >= 4 is 5.78 Å². The van der Waals surface area contributed by atoms with Gasteiger partial charge in [0.15, 0.2) is 11.5 Å². The van der Waals surface area contributed by atoms with E-state index in [2.05, 4.69) is 15.0 Å². The second-order valence-corrected chi connectivity index (χ2v) is 3.69. The maximum absolute atomic E-state index is 12.0. The molecule has 0 aliphatic carbocycles. The van der Waals surface area contributed by atoms with Gasteiger partial charge in [0.05, 0.1) is 7.11 Å². The average Bonchev–Trinajstić information content (AvgIpc) is 2.45. The first-order valence-electron chi connectivity index (χ1n) is 5.58. The summed E-state index contributed by atoms with van der Waals surface area (Å²) in [6.45, 7) is 0. The number of hydrogen-bond acceptors (Lipinski definition) is 5. The van der Waals surface area contributed by atoms with Crippen molar-refractivity contribution in [3.63, 3.8) is 0 Å². The lowest BCUT2D eigenvalue weighted by Gasteiger charge is -2.04. The highest BCUT2D eigenvalue weighted by atomic mass is 16.5. The van der Waals surface area contributed by atoms with Crippen LogP contribution in [0.25, 0.3) is 0 Å². The van der Waals surface area contributed by atoms with Gasteiger partial charge in [0.1, 0.15) is 0 Å². The van der Waals surface area contributed by atoms with Crippen LogP contribution in [-0.4, -0.2) is 27.8 Å². The molecule has 0 unspecified atom stereocenters. The van der Waals surface area contributed by atoms with Crippen molar-refractivity contribution in [3.05, 3.63) is 48.2 Å². The number of rotatable bonds is 5. The normalized spacial score (nSPS) is 10.1. The largest absolute Gasteiger partial charge is 0.479 e. The van der Waals surface area contributed by atoms with Gasteiger partial charge in [0.2, 0.25) is 5.88 Å². The van der Waals surface area contributed by atoms with Gasteiger partial charge >= 0.3 is 0 Å². The van der Waals surface area contributed by atoms with Crippen LogP contribution in [0.15, 0.2) is 36.9 Å². The summed E-state index contributed by atoms with van der Waals surface area (Å²) in [5, 5.41) is 0. The molecule has 0 bridgehead atoms. The molecule has 0 saturated heterocycles. The second kappa shape index (κ2) is 5.86. The minimum absolute atomic E-state index is 0.0724. The van der Waals surface area contributed by atoms with Crippen LogP contribution in [0.4, 0.5) is 0 Å². The van der Waals surface area contributed by atoms with E-state index < -0.39 is 0 Å². The summed E-state index contributed by atoms with van der Waals surface area (Å²) in [6, 6.07) is 3.78. The molecule has 2 aromatic heterocycles. The Balaban J connectivity index is 2.04. The molecule has 0 saturated carbocycles. The van der Waals surface area contributed by atoms with Gasteiger partial charge in [-0.25, -0.2) is 9.97 Å². The summed E-state index contributed by atoms with van der Waals surface area (Å²) in [7, 11) is 1.48. The molecule has 5 heteroatoms. The van der Waals surface area contributed by atoms with Crippen LogP contribution in [0.3, 0.4) is 0 Å². The molecule has 2 heterocycles. The molecule has 0 aliphatic heterocycles. The fourth-order valence-corrected chi connectivity index (χ4v) is 1.59. The SMILES string of the molecule is COc1nccnc1C(=O)CCc1ccncc1. The van der Waals surface area contributed by atoms with Crippen molar-refractivity contribution < 1.29 is 9.53 Å². The van der Waals surface area contributed by atoms with E-state index >= 15 is 0 Å². The molecule has 18 heavy (non-hydrogen) atoms. The second-order valence-electron chi connectivity index (χ2n) is 3.69. The summed E-state index contributed by atoms with van der Waals surface area (Å²) in [5.74, 6) is 0.203. The molecule has 0 spiro atoms. The first-order valence-corrected chi connectivity index (χ1v) is 5.58. The average molecular weight is 243 g/mol. The number of carbonyl (C=O) groups excluding carboxylic acids is 1. The van der Waals surface area contributed by atoms with Crippen molar-refractivity contribution in [1.82, 2.24) is 15.0 Å².